The molecule has 0 amide bonds. The summed E-state index contributed by atoms with van der Waals surface area (Å²) in [5.41, 5.74) is 4.37. The van der Waals surface area contributed by atoms with Crippen LogP contribution in [0.3, 0.4) is 0 Å². The first-order chi connectivity index (χ1) is 23.9. The Hall–Kier alpha value is -2.21. The molecule has 2 aliphatic carbocycles. The maximum absolute atomic E-state index is 14.1. The van der Waals surface area contributed by atoms with Gasteiger partial charge in [0.25, 0.3) is 0 Å². The molecule has 8 atom stereocenters. The second kappa shape index (κ2) is 16.3. The van der Waals surface area contributed by atoms with E-state index in [1.165, 1.54) is 11.1 Å². The summed E-state index contributed by atoms with van der Waals surface area (Å²) in [6, 6.07) is 4.18. The number of carbonyl (C=O) groups is 2. The van der Waals surface area contributed by atoms with E-state index < -0.39 is 22.7 Å². The van der Waals surface area contributed by atoms with Crippen LogP contribution in [0.2, 0.25) is 36.3 Å². The van der Waals surface area contributed by atoms with E-state index in [4.69, 9.17) is 23.1 Å². The number of esters is 2. The third kappa shape index (κ3) is 10.1. The topological polar surface area (TPSA) is 80.3 Å². The van der Waals surface area contributed by atoms with Crippen LogP contribution in [0.25, 0.3) is 0 Å². The maximum atomic E-state index is 14.1. The van der Waals surface area contributed by atoms with Crippen molar-refractivity contribution in [1.82, 2.24) is 0 Å². The molecule has 0 bridgehead atoms. The van der Waals surface area contributed by atoms with Gasteiger partial charge in [0.15, 0.2) is 22.7 Å². The second-order valence-corrected chi connectivity index (χ2v) is 28.6. The van der Waals surface area contributed by atoms with Crippen molar-refractivity contribution in [2.45, 2.75) is 181 Å². The summed E-state index contributed by atoms with van der Waals surface area (Å²) in [4.78, 5) is 27.0. The highest BCUT2D eigenvalue weighted by molar-refractivity contribution is 6.74. The molecule has 7 nitrogen and oxygen atoms in total. The largest absolute Gasteiger partial charge is 0.478 e. The minimum absolute atomic E-state index is 0.00198. The van der Waals surface area contributed by atoms with Gasteiger partial charge in [0.1, 0.15) is 18.0 Å². The molecule has 4 rings (SSSR count). The highest BCUT2D eigenvalue weighted by Gasteiger charge is 2.47. The Balaban J connectivity index is 1.59. The average Bonchev–Trinajstić information content (AvgIpc) is 2.98. The fraction of sp³-hybridized carbons (Fsp3) is 0.721. The van der Waals surface area contributed by atoms with Crippen LogP contribution in [0.1, 0.15) is 111 Å². The maximum Gasteiger partial charge on any atom is 0.347 e. The monoisotopic (exact) mass is 754 g/mol. The van der Waals surface area contributed by atoms with E-state index in [1.54, 1.807) is 0 Å². The number of cyclic esters (lactones) is 1. The quantitative estimate of drug-likeness (QED) is 0.155. The fourth-order valence-corrected chi connectivity index (χ4v) is 10.3. The number of benzene rings is 1. The van der Waals surface area contributed by atoms with Crippen molar-refractivity contribution in [3.8, 4) is 5.75 Å². The summed E-state index contributed by atoms with van der Waals surface area (Å²) < 4.78 is 32.7. The number of carbonyl (C=O) groups excluding carboxylic acids is 2. The number of fused-ring (bicyclic) bond motifs is 1. The zero-order valence-corrected chi connectivity index (χ0v) is 37.1. The van der Waals surface area contributed by atoms with Crippen LogP contribution in [-0.4, -0.2) is 59.1 Å². The molecule has 1 aromatic rings. The molecule has 9 heteroatoms. The van der Waals surface area contributed by atoms with Gasteiger partial charge in [-0.1, -0.05) is 91.3 Å². The number of hydrogen-bond donors (Lipinski definition) is 0. The second-order valence-electron chi connectivity index (χ2n) is 19.1. The molecule has 1 aliphatic heterocycles. The van der Waals surface area contributed by atoms with Gasteiger partial charge in [-0.3, -0.25) is 4.79 Å². The number of allylic oxidation sites excluding steroid dienone is 2. The lowest BCUT2D eigenvalue weighted by Gasteiger charge is -2.46. The van der Waals surface area contributed by atoms with Crippen LogP contribution < -0.4 is 4.74 Å². The van der Waals surface area contributed by atoms with Gasteiger partial charge >= 0.3 is 11.9 Å². The van der Waals surface area contributed by atoms with Crippen LogP contribution in [0.4, 0.5) is 0 Å². The van der Waals surface area contributed by atoms with Gasteiger partial charge in [-0.05, 0) is 105 Å². The molecule has 1 heterocycles. The van der Waals surface area contributed by atoms with E-state index in [-0.39, 0.29) is 64.2 Å². The van der Waals surface area contributed by atoms with E-state index in [0.29, 0.717) is 19.3 Å². The van der Waals surface area contributed by atoms with Crippen LogP contribution in [0.5, 0.6) is 5.75 Å². The van der Waals surface area contributed by atoms with Gasteiger partial charge in [-0.15, -0.1) is 0 Å². The van der Waals surface area contributed by atoms with Gasteiger partial charge in [0, 0.05) is 18.8 Å². The first-order valence-electron chi connectivity index (χ1n) is 19.8. The lowest BCUT2D eigenvalue weighted by molar-refractivity contribution is -0.164. The summed E-state index contributed by atoms with van der Waals surface area (Å²) in [5.74, 6) is 0.718. The van der Waals surface area contributed by atoms with Crippen molar-refractivity contribution in [2.24, 2.45) is 17.8 Å². The molecular formula is C43H70O7Si2. The highest BCUT2D eigenvalue weighted by atomic mass is 28.4. The van der Waals surface area contributed by atoms with E-state index in [1.807, 2.05) is 20.8 Å². The number of ether oxygens (including phenoxy) is 3. The molecule has 1 saturated heterocycles. The lowest BCUT2D eigenvalue weighted by atomic mass is 9.66. The fourth-order valence-electron chi connectivity index (χ4n) is 7.71. The molecule has 3 aliphatic rings. The van der Waals surface area contributed by atoms with Crippen molar-refractivity contribution < 1.29 is 32.7 Å². The molecule has 0 aromatic heterocycles. The predicted molar refractivity (Wildman–Crippen MR) is 216 cm³/mol. The van der Waals surface area contributed by atoms with Gasteiger partial charge in [-0.25, -0.2) is 4.79 Å². The molecule has 1 fully saturated rings. The molecule has 5 unspecified atom stereocenters. The Labute approximate surface area is 317 Å². The highest BCUT2D eigenvalue weighted by Crippen LogP contribution is 2.47. The molecule has 52 heavy (non-hydrogen) atoms. The molecule has 1 aromatic carbocycles. The molecular weight excluding hydrogens is 685 g/mol. The summed E-state index contributed by atoms with van der Waals surface area (Å²) in [6.45, 7) is 32.9. The minimum Gasteiger partial charge on any atom is -0.478 e. The minimum atomic E-state index is -2.12. The molecule has 292 valence electrons. The van der Waals surface area contributed by atoms with E-state index >= 15 is 0 Å². The third-order valence-corrected chi connectivity index (χ3v) is 21.7. The van der Waals surface area contributed by atoms with Crippen LogP contribution in [-0.2, 0) is 27.9 Å². The number of hydrogen-bond acceptors (Lipinski definition) is 7. The van der Waals surface area contributed by atoms with Crippen molar-refractivity contribution in [1.29, 1.82) is 0 Å². The predicted octanol–water partition coefficient (Wildman–Crippen LogP) is 10.7. The Bertz CT molecular complexity index is 1470. The van der Waals surface area contributed by atoms with Crippen molar-refractivity contribution in [3.05, 3.63) is 52.6 Å². The molecule has 0 radical (unpaired) electrons. The van der Waals surface area contributed by atoms with Gasteiger partial charge < -0.3 is 23.1 Å². The molecule has 0 N–H and O–H groups in total. The van der Waals surface area contributed by atoms with Crippen molar-refractivity contribution in [2.75, 3.05) is 0 Å². The third-order valence-electron chi connectivity index (χ3n) is 12.7. The Morgan fingerprint density at radius 2 is 1.52 bits per heavy atom. The standard InChI is InChI=1S/C43H70O7Si2/c1-16-36(47-40-29(4)21-27(2)22-30(40)5)41(45)48-37-25-33(49-51(12,13)42(6,7)8)23-31-18-17-28(3)35(39(31)37)20-19-32-24-34(26-38(44)46-32)50-52(14,15)43(9,10)11/h17-18,21-23,28,32-37,39H,16,19-20,24-26H2,1-15H3/t28?,32-,33?,34-,35?,36+,37?,39?/m1/s1. The molecule has 0 saturated carbocycles. The summed E-state index contributed by atoms with van der Waals surface area (Å²) in [6.07, 6.45) is 8.97. The normalized spacial score (nSPS) is 27.7. The average molecular weight is 755 g/mol. The number of aryl methyl sites for hydroxylation is 3. The Morgan fingerprint density at radius 1 is 0.923 bits per heavy atom. The van der Waals surface area contributed by atoms with Gasteiger partial charge in [0.2, 0.25) is 0 Å². The molecule has 0 spiro atoms. The Morgan fingerprint density at radius 3 is 2.10 bits per heavy atom. The van der Waals surface area contributed by atoms with Crippen molar-refractivity contribution in [3.63, 3.8) is 0 Å². The van der Waals surface area contributed by atoms with Crippen molar-refractivity contribution >= 4 is 28.6 Å². The van der Waals surface area contributed by atoms with Gasteiger partial charge in [0.05, 0.1) is 18.6 Å². The zero-order valence-electron chi connectivity index (χ0n) is 35.1. The lowest BCUT2D eigenvalue weighted by Crippen LogP contribution is -2.49. The van der Waals surface area contributed by atoms with E-state index in [0.717, 1.165) is 36.1 Å². The van der Waals surface area contributed by atoms with Crippen LogP contribution in [0.15, 0.2) is 35.9 Å². The Kier molecular flexibility index (Phi) is 13.3. The van der Waals surface area contributed by atoms with Crippen LogP contribution in [0, 0.1) is 38.5 Å². The van der Waals surface area contributed by atoms with Crippen LogP contribution >= 0.6 is 0 Å². The first-order valence-corrected chi connectivity index (χ1v) is 25.6. The summed E-state index contributed by atoms with van der Waals surface area (Å²) in [5, 5.41) is 0.109. The zero-order chi connectivity index (χ0) is 39.0. The van der Waals surface area contributed by atoms with E-state index in [2.05, 4.69) is 112 Å². The summed E-state index contributed by atoms with van der Waals surface area (Å²) in [7, 11) is -4.16. The van der Waals surface area contributed by atoms with E-state index in [9.17, 15) is 9.59 Å². The SMILES string of the molecule is CC[C@H](Oc1c(C)cc(C)cc1C)C(=O)OC1CC(O[Si](C)(C)C(C)(C)C)C=C2C=CC(C)C(CC[C@@H]3C[C@@H](O[Si](C)(C)C(C)(C)C)CC(=O)O3)C21. The smallest absolute Gasteiger partial charge is 0.347 e. The summed E-state index contributed by atoms with van der Waals surface area (Å²) >= 11 is 0. The first kappa shape index (κ1) is 42.5. The van der Waals surface area contributed by atoms with Gasteiger partial charge in [-0.2, -0.15) is 0 Å². The number of rotatable bonds is 12.